The SMILES string of the molecule is CC(c1cccc(Cl)c1)N(C)c1cnc(C(=O)O)cn1. The van der Waals surface area contributed by atoms with Crippen molar-refractivity contribution >= 4 is 23.4 Å². The summed E-state index contributed by atoms with van der Waals surface area (Å²) in [5.74, 6) is -0.489. The van der Waals surface area contributed by atoms with Crippen molar-refractivity contribution < 1.29 is 9.90 Å². The smallest absolute Gasteiger partial charge is 0.356 e. The number of carboxylic acids is 1. The Morgan fingerprint density at radius 2 is 2.10 bits per heavy atom. The fraction of sp³-hybridized carbons (Fsp3) is 0.214. The van der Waals surface area contributed by atoms with E-state index in [2.05, 4.69) is 9.97 Å². The summed E-state index contributed by atoms with van der Waals surface area (Å²) in [5.41, 5.74) is 0.974. The van der Waals surface area contributed by atoms with Crippen LogP contribution in [0.15, 0.2) is 36.7 Å². The molecule has 6 heteroatoms. The third-order valence-electron chi connectivity index (χ3n) is 3.13. The van der Waals surface area contributed by atoms with Crippen LogP contribution in [-0.4, -0.2) is 28.1 Å². The predicted molar refractivity (Wildman–Crippen MR) is 77.3 cm³/mol. The molecule has 5 nitrogen and oxygen atoms in total. The molecule has 1 N–H and O–H groups in total. The maximum Gasteiger partial charge on any atom is 0.356 e. The fourth-order valence-corrected chi connectivity index (χ4v) is 2.00. The zero-order valence-corrected chi connectivity index (χ0v) is 11.9. The van der Waals surface area contributed by atoms with Gasteiger partial charge in [0.25, 0.3) is 0 Å². The molecule has 0 saturated heterocycles. The molecule has 0 aliphatic carbocycles. The number of aromatic nitrogens is 2. The van der Waals surface area contributed by atoms with E-state index in [9.17, 15) is 4.79 Å². The first-order chi connectivity index (χ1) is 9.49. The highest BCUT2D eigenvalue weighted by Crippen LogP contribution is 2.25. The first kappa shape index (κ1) is 14.3. The van der Waals surface area contributed by atoms with Gasteiger partial charge in [0.05, 0.1) is 18.4 Å². The average molecular weight is 292 g/mol. The third kappa shape index (κ3) is 3.05. The molecule has 0 saturated carbocycles. The number of hydrogen-bond donors (Lipinski definition) is 1. The molecule has 0 spiro atoms. The van der Waals surface area contributed by atoms with E-state index >= 15 is 0 Å². The highest BCUT2D eigenvalue weighted by Gasteiger charge is 2.15. The van der Waals surface area contributed by atoms with Crippen molar-refractivity contribution in [2.24, 2.45) is 0 Å². The Morgan fingerprint density at radius 3 is 2.65 bits per heavy atom. The first-order valence-corrected chi connectivity index (χ1v) is 6.40. The zero-order valence-electron chi connectivity index (χ0n) is 11.1. The molecule has 0 bridgehead atoms. The molecule has 1 atom stereocenters. The largest absolute Gasteiger partial charge is 0.476 e. The number of halogens is 1. The van der Waals surface area contributed by atoms with Crippen LogP contribution in [0.1, 0.15) is 29.0 Å². The van der Waals surface area contributed by atoms with Gasteiger partial charge in [-0.05, 0) is 24.6 Å². The Kier molecular flexibility index (Phi) is 4.20. The number of hydrogen-bond acceptors (Lipinski definition) is 4. The van der Waals surface area contributed by atoms with Crippen LogP contribution in [0.25, 0.3) is 0 Å². The summed E-state index contributed by atoms with van der Waals surface area (Å²) in [5, 5.41) is 9.48. The first-order valence-electron chi connectivity index (χ1n) is 6.02. The molecule has 1 aromatic heterocycles. The van der Waals surface area contributed by atoms with Gasteiger partial charge >= 0.3 is 5.97 Å². The lowest BCUT2D eigenvalue weighted by Gasteiger charge is -2.26. The molecular weight excluding hydrogens is 278 g/mol. The van der Waals surface area contributed by atoms with Gasteiger partial charge in [-0.25, -0.2) is 14.8 Å². The van der Waals surface area contributed by atoms with Crippen LogP contribution in [0.4, 0.5) is 5.82 Å². The molecule has 20 heavy (non-hydrogen) atoms. The van der Waals surface area contributed by atoms with Crippen molar-refractivity contribution in [2.75, 3.05) is 11.9 Å². The van der Waals surface area contributed by atoms with Gasteiger partial charge < -0.3 is 10.0 Å². The van der Waals surface area contributed by atoms with Crippen LogP contribution in [0.3, 0.4) is 0 Å². The summed E-state index contributed by atoms with van der Waals surface area (Å²) in [6.45, 7) is 2.01. The van der Waals surface area contributed by atoms with Gasteiger partial charge in [-0.3, -0.25) is 0 Å². The van der Waals surface area contributed by atoms with E-state index in [1.807, 2.05) is 43.1 Å². The summed E-state index contributed by atoms with van der Waals surface area (Å²) in [7, 11) is 1.87. The van der Waals surface area contributed by atoms with Crippen LogP contribution in [0.5, 0.6) is 0 Å². The minimum Gasteiger partial charge on any atom is -0.476 e. The van der Waals surface area contributed by atoms with Gasteiger partial charge in [0, 0.05) is 12.1 Å². The lowest BCUT2D eigenvalue weighted by Crippen LogP contribution is -2.23. The van der Waals surface area contributed by atoms with E-state index in [0.29, 0.717) is 10.8 Å². The van der Waals surface area contributed by atoms with Crippen molar-refractivity contribution in [1.82, 2.24) is 9.97 Å². The number of benzene rings is 1. The summed E-state index contributed by atoms with van der Waals surface area (Å²) < 4.78 is 0. The molecule has 2 aromatic rings. The molecule has 0 radical (unpaired) electrons. The molecule has 0 aliphatic heterocycles. The third-order valence-corrected chi connectivity index (χ3v) is 3.37. The van der Waals surface area contributed by atoms with E-state index in [0.717, 1.165) is 5.56 Å². The molecule has 1 aromatic carbocycles. The minimum absolute atomic E-state index is 0.0404. The van der Waals surface area contributed by atoms with Crippen molar-refractivity contribution in [3.8, 4) is 0 Å². The van der Waals surface area contributed by atoms with E-state index in [4.69, 9.17) is 16.7 Å². The van der Waals surface area contributed by atoms with Gasteiger partial charge in [0.2, 0.25) is 0 Å². The van der Waals surface area contributed by atoms with Gasteiger partial charge in [-0.15, -0.1) is 0 Å². The Labute approximate surface area is 121 Å². The van der Waals surface area contributed by atoms with Crippen LogP contribution in [0.2, 0.25) is 5.02 Å². The standard InChI is InChI=1S/C14H14ClN3O2/c1-9(10-4-3-5-11(15)6-10)18(2)13-8-16-12(7-17-13)14(19)20/h3-9H,1-2H3,(H,19,20). The molecule has 1 heterocycles. The summed E-state index contributed by atoms with van der Waals surface area (Å²) in [4.78, 5) is 20.6. The maximum absolute atomic E-state index is 10.7. The second-order valence-corrected chi connectivity index (χ2v) is 4.84. The van der Waals surface area contributed by atoms with E-state index in [1.54, 1.807) is 0 Å². The second-order valence-electron chi connectivity index (χ2n) is 4.41. The van der Waals surface area contributed by atoms with E-state index in [-0.39, 0.29) is 11.7 Å². The second kappa shape index (κ2) is 5.88. The monoisotopic (exact) mass is 291 g/mol. The molecule has 0 fully saturated rings. The number of anilines is 1. The molecule has 0 amide bonds. The van der Waals surface area contributed by atoms with Gasteiger partial charge in [-0.1, -0.05) is 23.7 Å². The summed E-state index contributed by atoms with van der Waals surface area (Å²) in [6.07, 6.45) is 2.70. The number of carboxylic acid groups (broad SMARTS) is 1. The van der Waals surface area contributed by atoms with Crippen molar-refractivity contribution in [1.29, 1.82) is 0 Å². The maximum atomic E-state index is 10.7. The highest BCUT2D eigenvalue weighted by molar-refractivity contribution is 6.30. The normalized spacial score (nSPS) is 11.9. The minimum atomic E-state index is -1.09. The molecule has 2 rings (SSSR count). The number of nitrogens with zero attached hydrogens (tertiary/aromatic N) is 3. The van der Waals surface area contributed by atoms with E-state index < -0.39 is 5.97 Å². The quantitative estimate of drug-likeness (QED) is 0.938. The lowest BCUT2D eigenvalue weighted by molar-refractivity contribution is 0.0690. The highest BCUT2D eigenvalue weighted by atomic mass is 35.5. The number of rotatable bonds is 4. The summed E-state index contributed by atoms with van der Waals surface area (Å²) >= 11 is 5.98. The van der Waals surface area contributed by atoms with Crippen molar-refractivity contribution in [3.05, 3.63) is 52.9 Å². The van der Waals surface area contributed by atoms with Crippen LogP contribution >= 0.6 is 11.6 Å². The van der Waals surface area contributed by atoms with E-state index in [1.165, 1.54) is 12.4 Å². The van der Waals surface area contributed by atoms with Crippen LogP contribution in [-0.2, 0) is 0 Å². The van der Waals surface area contributed by atoms with Gasteiger partial charge in [0.1, 0.15) is 5.82 Å². The molecule has 0 aliphatic rings. The average Bonchev–Trinajstić information content (AvgIpc) is 2.46. The molecular formula is C14H14ClN3O2. The Balaban J connectivity index is 2.22. The van der Waals surface area contributed by atoms with Crippen molar-refractivity contribution in [3.63, 3.8) is 0 Å². The number of carbonyl (C=O) groups is 1. The Bertz CT molecular complexity index is 616. The Morgan fingerprint density at radius 1 is 1.35 bits per heavy atom. The molecule has 104 valence electrons. The van der Waals surface area contributed by atoms with Crippen molar-refractivity contribution in [2.45, 2.75) is 13.0 Å². The summed E-state index contributed by atoms with van der Waals surface area (Å²) in [6, 6.07) is 7.62. The molecule has 1 unspecified atom stereocenters. The Hall–Kier alpha value is -2.14. The van der Waals surface area contributed by atoms with Gasteiger partial charge in [-0.2, -0.15) is 0 Å². The topological polar surface area (TPSA) is 66.3 Å². The van der Waals surface area contributed by atoms with Crippen LogP contribution in [0, 0.1) is 0 Å². The lowest BCUT2D eigenvalue weighted by atomic mass is 10.1. The van der Waals surface area contributed by atoms with Gasteiger partial charge in [0.15, 0.2) is 5.69 Å². The zero-order chi connectivity index (χ0) is 14.7. The fourth-order valence-electron chi connectivity index (χ4n) is 1.80. The number of aromatic carboxylic acids is 1. The predicted octanol–water partition coefficient (Wildman–Crippen LogP) is 3.03. The van der Waals surface area contributed by atoms with Crippen LogP contribution < -0.4 is 4.90 Å².